The molecule has 0 spiro atoms. The van der Waals surface area contributed by atoms with Crippen LogP contribution in [0.5, 0.6) is 0 Å². The summed E-state index contributed by atoms with van der Waals surface area (Å²) < 4.78 is 14.1. The highest BCUT2D eigenvalue weighted by atomic mass is 19.1. The molecule has 1 saturated heterocycles. The number of anilines is 1. The van der Waals surface area contributed by atoms with Crippen LogP contribution in [0.3, 0.4) is 0 Å². The lowest BCUT2D eigenvalue weighted by Crippen LogP contribution is -2.56. The molecule has 0 radical (unpaired) electrons. The van der Waals surface area contributed by atoms with Crippen molar-refractivity contribution < 1.29 is 9.18 Å². The van der Waals surface area contributed by atoms with Crippen molar-refractivity contribution in [2.45, 2.75) is 19.9 Å². The molecule has 0 aliphatic carbocycles. The summed E-state index contributed by atoms with van der Waals surface area (Å²) in [4.78, 5) is 22.3. The van der Waals surface area contributed by atoms with Crippen LogP contribution in [0.2, 0.25) is 0 Å². The maximum Gasteiger partial charge on any atom is 0.272 e. The van der Waals surface area contributed by atoms with Crippen molar-refractivity contribution in [3.8, 4) is 0 Å². The van der Waals surface area contributed by atoms with Crippen LogP contribution in [0.15, 0.2) is 30.6 Å². The van der Waals surface area contributed by atoms with Crippen LogP contribution in [0.4, 0.5) is 10.2 Å². The predicted octanol–water partition coefficient (Wildman–Crippen LogP) is 2.06. The van der Waals surface area contributed by atoms with Gasteiger partial charge in [-0.1, -0.05) is 18.2 Å². The van der Waals surface area contributed by atoms with Gasteiger partial charge < -0.3 is 10.2 Å². The predicted molar refractivity (Wildman–Crippen MR) is 95.5 cm³/mol. The van der Waals surface area contributed by atoms with Crippen LogP contribution >= 0.6 is 0 Å². The number of hydrogen-bond donors (Lipinski definition) is 2. The van der Waals surface area contributed by atoms with Crippen molar-refractivity contribution in [2.24, 2.45) is 5.92 Å². The number of nitrogens with zero attached hydrogens (tertiary/aromatic N) is 4. The average Bonchev–Trinajstić information content (AvgIpc) is 3.01. The molecule has 2 N–H and O–H groups in total. The molecule has 1 aliphatic rings. The first kappa shape index (κ1) is 16.4. The van der Waals surface area contributed by atoms with E-state index in [2.05, 4.69) is 25.5 Å². The Labute approximate surface area is 149 Å². The van der Waals surface area contributed by atoms with Gasteiger partial charge in [0.05, 0.1) is 11.2 Å². The van der Waals surface area contributed by atoms with Gasteiger partial charge in [0.2, 0.25) is 0 Å². The quantitative estimate of drug-likeness (QED) is 0.749. The summed E-state index contributed by atoms with van der Waals surface area (Å²) in [5, 5.41) is 10.8. The third kappa shape index (κ3) is 2.77. The van der Waals surface area contributed by atoms with E-state index in [1.807, 2.05) is 36.1 Å². The number of amides is 1. The molecule has 0 bridgehead atoms. The second kappa shape index (κ2) is 6.36. The number of carbonyl (C=O) groups excluding carboxylic acids is 1. The summed E-state index contributed by atoms with van der Waals surface area (Å²) in [6.45, 7) is 4.84. The average molecular weight is 354 g/mol. The molecule has 1 atom stereocenters. The molecule has 1 aromatic carbocycles. The van der Waals surface area contributed by atoms with Gasteiger partial charge in [0.25, 0.3) is 5.91 Å². The lowest BCUT2D eigenvalue weighted by Gasteiger charge is -2.43. The van der Waals surface area contributed by atoms with Gasteiger partial charge >= 0.3 is 0 Å². The molecule has 0 unspecified atom stereocenters. The van der Waals surface area contributed by atoms with Gasteiger partial charge in [-0.15, -0.1) is 0 Å². The molecule has 0 saturated carbocycles. The fourth-order valence-electron chi connectivity index (χ4n) is 3.20. The molecule has 26 heavy (non-hydrogen) atoms. The smallest absolute Gasteiger partial charge is 0.272 e. The third-order valence-corrected chi connectivity index (χ3v) is 4.91. The van der Waals surface area contributed by atoms with E-state index < -0.39 is 0 Å². The van der Waals surface area contributed by atoms with Crippen LogP contribution < -0.4 is 10.2 Å². The molecule has 1 amide bonds. The summed E-state index contributed by atoms with van der Waals surface area (Å²) in [5.41, 5.74) is 1.56. The van der Waals surface area contributed by atoms with E-state index in [1.165, 1.54) is 6.33 Å². The van der Waals surface area contributed by atoms with E-state index in [0.717, 1.165) is 10.9 Å². The molecule has 8 heteroatoms. The van der Waals surface area contributed by atoms with Crippen molar-refractivity contribution in [1.82, 2.24) is 25.5 Å². The molecule has 7 nitrogen and oxygen atoms in total. The molecule has 2 aromatic heterocycles. The Morgan fingerprint density at radius 1 is 1.35 bits per heavy atom. The van der Waals surface area contributed by atoms with E-state index in [4.69, 9.17) is 0 Å². The molecule has 1 aliphatic heterocycles. The van der Waals surface area contributed by atoms with Gasteiger partial charge in [-0.3, -0.25) is 9.89 Å². The zero-order valence-electron chi connectivity index (χ0n) is 14.5. The normalized spacial score (nSPS) is 15.7. The number of halogens is 1. The highest BCUT2D eigenvalue weighted by Gasteiger charge is 2.34. The number of aromatic amines is 1. The van der Waals surface area contributed by atoms with Crippen LogP contribution in [0.1, 0.15) is 23.1 Å². The zero-order valence-corrected chi connectivity index (χ0v) is 14.5. The van der Waals surface area contributed by atoms with Crippen molar-refractivity contribution in [3.05, 3.63) is 47.8 Å². The number of para-hydroxylation sites is 1. The van der Waals surface area contributed by atoms with Gasteiger partial charge in [0.1, 0.15) is 6.33 Å². The first-order valence-corrected chi connectivity index (χ1v) is 8.50. The molecule has 3 aromatic rings. The minimum atomic E-state index is -0.384. The van der Waals surface area contributed by atoms with Gasteiger partial charge in [-0.2, -0.15) is 5.10 Å². The maximum absolute atomic E-state index is 14.1. The summed E-state index contributed by atoms with van der Waals surface area (Å²) in [6.07, 6.45) is 1.37. The molecular weight excluding hydrogens is 335 g/mol. The molecule has 134 valence electrons. The summed E-state index contributed by atoms with van der Waals surface area (Å²) >= 11 is 0. The molecule has 3 heterocycles. The Bertz CT molecular complexity index is 965. The topological polar surface area (TPSA) is 86.8 Å². The summed E-state index contributed by atoms with van der Waals surface area (Å²) in [6, 6.07) is 7.45. The van der Waals surface area contributed by atoms with Crippen LogP contribution in [-0.4, -0.2) is 45.2 Å². The summed E-state index contributed by atoms with van der Waals surface area (Å²) in [5.74, 6) is -0.0486. The maximum atomic E-state index is 14.1. The number of hydrogen-bond acceptors (Lipinski definition) is 5. The lowest BCUT2D eigenvalue weighted by molar-refractivity contribution is 0.0917. The zero-order chi connectivity index (χ0) is 18.3. The number of benzene rings is 1. The van der Waals surface area contributed by atoms with Gasteiger partial charge in [0.15, 0.2) is 17.3 Å². The number of H-pyrrole nitrogens is 1. The van der Waals surface area contributed by atoms with Crippen molar-refractivity contribution in [2.75, 3.05) is 18.0 Å². The van der Waals surface area contributed by atoms with E-state index in [9.17, 15) is 9.18 Å². The lowest BCUT2D eigenvalue weighted by atomic mass is 9.92. The Kier molecular flexibility index (Phi) is 4.02. The highest BCUT2D eigenvalue weighted by Crippen LogP contribution is 2.27. The molecule has 1 fully saturated rings. The third-order valence-electron chi connectivity index (χ3n) is 4.91. The van der Waals surface area contributed by atoms with Crippen molar-refractivity contribution in [1.29, 1.82) is 0 Å². The van der Waals surface area contributed by atoms with Crippen LogP contribution in [0, 0.1) is 18.7 Å². The van der Waals surface area contributed by atoms with Crippen molar-refractivity contribution >= 4 is 22.6 Å². The standard InChI is InChI=1S/C18H19FN6O/c1-10(12-7-25(8-12)17-15(19)11(2)20-9-21-17)22-18(26)16-13-5-3-4-6-14(13)23-24-16/h3-6,9-10,12H,7-8H2,1-2H3,(H,22,26)(H,23,24)/t10-/m0/s1. The number of aromatic nitrogens is 4. The Hall–Kier alpha value is -3.03. The minimum absolute atomic E-state index is 0.0554. The Morgan fingerprint density at radius 2 is 2.12 bits per heavy atom. The fraction of sp³-hybridized carbons (Fsp3) is 0.333. The number of aryl methyl sites for hydroxylation is 1. The second-order valence-electron chi connectivity index (χ2n) is 6.64. The SMILES string of the molecule is Cc1ncnc(N2CC([C@H](C)NC(=O)c3n[nH]c4ccccc34)C2)c1F. The molecule has 4 rings (SSSR count). The van der Waals surface area contributed by atoms with Gasteiger partial charge in [0, 0.05) is 30.4 Å². The first-order chi connectivity index (χ1) is 12.5. The van der Waals surface area contributed by atoms with Crippen LogP contribution in [-0.2, 0) is 0 Å². The Balaban J connectivity index is 1.40. The van der Waals surface area contributed by atoms with E-state index in [0.29, 0.717) is 30.3 Å². The van der Waals surface area contributed by atoms with Gasteiger partial charge in [-0.05, 0) is 19.9 Å². The molecular formula is C18H19FN6O. The summed E-state index contributed by atoms with van der Waals surface area (Å²) in [7, 11) is 0. The highest BCUT2D eigenvalue weighted by molar-refractivity contribution is 6.04. The van der Waals surface area contributed by atoms with Crippen LogP contribution in [0.25, 0.3) is 10.9 Å². The number of carbonyl (C=O) groups is 1. The largest absolute Gasteiger partial charge is 0.353 e. The van der Waals surface area contributed by atoms with E-state index in [1.54, 1.807) is 6.92 Å². The van der Waals surface area contributed by atoms with Crippen molar-refractivity contribution in [3.63, 3.8) is 0 Å². The van der Waals surface area contributed by atoms with E-state index >= 15 is 0 Å². The number of fused-ring (bicyclic) bond motifs is 1. The first-order valence-electron chi connectivity index (χ1n) is 8.50. The monoisotopic (exact) mass is 354 g/mol. The Morgan fingerprint density at radius 3 is 2.92 bits per heavy atom. The fourth-order valence-corrected chi connectivity index (χ4v) is 3.20. The number of nitrogens with one attached hydrogen (secondary N) is 2. The minimum Gasteiger partial charge on any atom is -0.353 e. The van der Waals surface area contributed by atoms with E-state index in [-0.39, 0.29) is 23.7 Å². The van der Waals surface area contributed by atoms with Gasteiger partial charge in [-0.25, -0.2) is 14.4 Å². The second-order valence-corrected chi connectivity index (χ2v) is 6.64. The number of rotatable bonds is 4.